The fraction of sp³-hybridized carbons (Fsp3) is 0.467. The average Bonchev–Trinajstić information content (AvgIpc) is 2.97. The van der Waals surface area contributed by atoms with E-state index in [1.807, 2.05) is 19.9 Å². The van der Waals surface area contributed by atoms with Crippen LogP contribution in [0.3, 0.4) is 0 Å². The molecule has 2 N–H and O–H groups in total. The number of para-hydroxylation sites is 1. The molecule has 1 aromatic heterocycles. The highest BCUT2D eigenvalue weighted by Gasteiger charge is 2.22. The highest BCUT2D eigenvalue weighted by molar-refractivity contribution is 5.97. The van der Waals surface area contributed by atoms with Gasteiger partial charge in [-0.05, 0) is 41.3 Å². The number of carbonyl (C=O) groups is 1. The van der Waals surface area contributed by atoms with E-state index in [1.165, 1.54) is 11.0 Å². The van der Waals surface area contributed by atoms with Crippen molar-refractivity contribution in [2.75, 3.05) is 6.54 Å². The normalized spacial score (nSPS) is 12.9. The van der Waals surface area contributed by atoms with E-state index in [0.29, 0.717) is 24.2 Å². The Morgan fingerprint density at radius 1 is 1.41 bits per heavy atom. The van der Waals surface area contributed by atoms with E-state index in [0.717, 1.165) is 0 Å². The van der Waals surface area contributed by atoms with Gasteiger partial charge in [-0.3, -0.25) is 4.79 Å². The molecule has 1 amide bonds. The monoisotopic (exact) mass is 303 g/mol. The van der Waals surface area contributed by atoms with Gasteiger partial charge in [-0.1, -0.05) is 26.0 Å². The summed E-state index contributed by atoms with van der Waals surface area (Å²) >= 11 is 0. The summed E-state index contributed by atoms with van der Waals surface area (Å²) in [6.45, 7) is 6.23. The largest absolute Gasteiger partial charge is 0.393 e. The second kappa shape index (κ2) is 6.65. The average molecular weight is 303 g/mol. The molecule has 118 valence electrons. The van der Waals surface area contributed by atoms with Crippen LogP contribution in [0.5, 0.6) is 0 Å². The molecule has 2 aromatic rings. The van der Waals surface area contributed by atoms with E-state index in [9.17, 15) is 9.90 Å². The zero-order valence-electron chi connectivity index (χ0n) is 13.0. The van der Waals surface area contributed by atoms with Crippen molar-refractivity contribution in [2.24, 2.45) is 5.41 Å². The lowest BCUT2D eigenvalue weighted by molar-refractivity contribution is 0.0902. The Kier molecular flexibility index (Phi) is 4.87. The molecule has 0 saturated heterocycles. The molecule has 0 radical (unpaired) electrons. The third-order valence-corrected chi connectivity index (χ3v) is 3.32. The maximum absolute atomic E-state index is 12.4. The molecule has 1 aromatic carbocycles. The number of carbonyl (C=O) groups excluding carboxylic acids is 1. The molecule has 0 aliphatic rings. The number of rotatable bonds is 6. The SMILES string of the molecule is CC(O)CC(C)(C)CNC(=O)c1ccccc1-n1cnnn1. The van der Waals surface area contributed by atoms with Gasteiger partial charge in [0.2, 0.25) is 0 Å². The molecule has 0 fully saturated rings. The summed E-state index contributed by atoms with van der Waals surface area (Å²) < 4.78 is 1.45. The summed E-state index contributed by atoms with van der Waals surface area (Å²) in [6, 6.07) is 7.13. The number of nitrogens with one attached hydrogen (secondary N) is 1. The first kappa shape index (κ1) is 16.1. The smallest absolute Gasteiger partial charge is 0.253 e. The van der Waals surface area contributed by atoms with Crippen LogP contribution in [0.2, 0.25) is 0 Å². The first-order valence-electron chi connectivity index (χ1n) is 7.18. The van der Waals surface area contributed by atoms with Gasteiger partial charge < -0.3 is 10.4 Å². The van der Waals surface area contributed by atoms with Crippen molar-refractivity contribution in [3.05, 3.63) is 36.2 Å². The summed E-state index contributed by atoms with van der Waals surface area (Å²) in [4.78, 5) is 12.4. The van der Waals surface area contributed by atoms with Gasteiger partial charge in [0.15, 0.2) is 0 Å². The van der Waals surface area contributed by atoms with Crippen LogP contribution < -0.4 is 5.32 Å². The Hall–Kier alpha value is -2.28. The van der Waals surface area contributed by atoms with Crippen molar-refractivity contribution < 1.29 is 9.90 Å². The summed E-state index contributed by atoms with van der Waals surface area (Å²) in [5.41, 5.74) is 0.939. The zero-order valence-corrected chi connectivity index (χ0v) is 13.0. The number of hydrogen-bond acceptors (Lipinski definition) is 5. The predicted octanol–water partition coefficient (Wildman–Crippen LogP) is 1.19. The molecule has 7 heteroatoms. The second-order valence-corrected chi connectivity index (χ2v) is 6.17. The minimum absolute atomic E-state index is 0.187. The molecular formula is C15H21N5O2. The van der Waals surface area contributed by atoms with Gasteiger partial charge in [0.1, 0.15) is 6.33 Å². The molecule has 0 bridgehead atoms. The number of aromatic nitrogens is 4. The summed E-state index contributed by atoms with van der Waals surface area (Å²) in [5, 5.41) is 23.4. The van der Waals surface area contributed by atoms with E-state index in [-0.39, 0.29) is 11.3 Å². The lowest BCUT2D eigenvalue weighted by atomic mass is 9.87. The van der Waals surface area contributed by atoms with E-state index in [2.05, 4.69) is 20.8 Å². The fourth-order valence-electron chi connectivity index (χ4n) is 2.42. The quantitative estimate of drug-likeness (QED) is 0.836. The van der Waals surface area contributed by atoms with E-state index in [1.54, 1.807) is 25.1 Å². The van der Waals surface area contributed by atoms with Crippen molar-refractivity contribution in [3.8, 4) is 5.69 Å². The first-order chi connectivity index (χ1) is 10.4. The molecule has 0 aliphatic carbocycles. The van der Waals surface area contributed by atoms with Crippen LogP contribution in [-0.2, 0) is 0 Å². The highest BCUT2D eigenvalue weighted by Crippen LogP contribution is 2.21. The van der Waals surface area contributed by atoms with Crippen molar-refractivity contribution in [1.29, 1.82) is 0 Å². The van der Waals surface area contributed by atoms with Crippen molar-refractivity contribution in [1.82, 2.24) is 25.5 Å². The third-order valence-electron chi connectivity index (χ3n) is 3.32. The number of aliphatic hydroxyl groups excluding tert-OH is 1. The minimum Gasteiger partial charge on any atom is -0.393 e. The summed E-state index contributed by atoms with van der Waals surface area (Å²) in [5.74, 6) is -0.190. The van der Waals surface area contributed by atoms with Gasteiger partial charge in [0.05, 0.1) is 17.4 Å². The number of tetrazole rings is 1. The van der Waals surface area contributed by atoms with Gasteiger partial charge in [0.25, 0.3) is 5.91 Å². The maximum atomic E-state index is 12.4. The van der Waals surface area contributed by atoms with Crippen LogP contribution in [-0.4, -0.2) is 43.9 Å². The number of hydrogen-bond donors (Lipinski definition) is 2. The third kappa shape index (κ3) is 4.11. The standard InChI is InChI=1S/C15H21N5O2/c1-11(21)8-15(2,3)9-16-14(22)12-6-4-5-7-13(12)20-10-17-18-19-20/h4-7,10-11,21H,8-9H2,1-3H3,(H,16,22). The van der Waals surface area contributed by atoms with E-state index in [4.69, 9.17) is 0 Å². The molecule has 0 saturated carbocycles. The Bertz CT molecular complexity index is 623. The topological polar surface area (TPSA) is 92.9 Å². The van der Waals surface area contributed by atoms with Crippen LogP contribution in [0.25, 0.3) is 5.69 Å². The number of amides is 1. The summed E-state index contributed by atoms with van der Waals surface area (Å²) in [7, 11) is 0. The van der Waals surface area contributed by atoms with Crippen LogP contribution in [0.4, 0.5) is 0 Å². The lowest BCUT2D eigenvalue weighted by Gasteiger charge is -2.26. The van der Waals surface area contributed by atoms with Gasteiger partial charge in [-0.25, -0.2) is 0 Å². The van der Waals surface area contributed by atoms with Crippen molar-refractivity contribution >= 4 is 5.91 Å². The Morgan fingerprint density at radius 2 is 2.14 bits per heavy atom. The molecule has 1 heterocycles. The van der Waals surface area contributed by atoms with Crippen LogP contribution in [0.1, 0.15) is 37.6 Å². The van der Waals surface area contributed by atoms with Gasteiger partial charge in [0, 0.05) is 6.54 Å². The molecule has 1 unspecified atom stereocenters. The Balaban J connectivity index is 2.11. The molecule has 22 heavy (non-hydrogen) atoms. The second-order valence-electron chi connectivity index (χ2n) is 6.17. The molecule has 2 rings (SSSR count). The first-order valence-corrected chi connectivity index (χ1v) is 7.18. The van der Waals surface area contributed by atoms with Gasteiger partial charge >= 0.3 is 0 Å². The molecular weight excluding hydrogens is 282 g/mol. The lowest BCUT2D eigenvalue weighted by Crippen LogP contribution is -2.36. The molecule has 0 aliphatic heterocycles. The fourth-order valence-corrected chi connectivity index (χ4v) is 2.42. The zero-order chi connectivity index (χ0) is 16.2. The molecule has 0 spiro atoms. The van der Waals surface area contributed by atoms with Gasteiger partial charge in [-0.2, -0.15) is 4.68 Å². The molecule has 7 nitrogen and oxygen atoms in total. The number of nitrogens with zero attached hydrogens (tertiary/aromatic N) is 4. The van der Waals surface area contributed by atoms with E-state index >= 15 is 0 Å². The molecule has 1 atom stereocenters. The van der Waals surface area contributed by atoms with Crippen LogP contribution >= 0.6 is 0 Å². The Labute approximate surface area is 129 Å². The van der Waals surface area contributed by atoms with Gasteiger partial charge in [-0.15, -0.1) is 5.10 Å². The van der Waals surface area contributed by atoms with Crippen molar-refractivity contribution in [3.63, 3.8) is 0 Å². The predicted molar refractivity (Wildman–Crippen MR) is 81.6 cm³/mol. The van der Waals surface area contributed by atoms with Crippen molar-refractivity contribution in [2.45, 2.75) is 33.3 Å². The number of aliphatic hydroxyl groups is 1. The minimum atomic E-state index is -0.402. The Morgan fingerprint density at radius 3 is 2.77 bits per heavy atom. The summed E-state index contributed by atoms with van der Waals surface area (Å²) in [6.07, 6.45) is 1.66. The van der Waals surface area contributed by atoms with E-state index < -0.39 is 6.10 Å². The van der Waals surface area contributed by atoms with Crippen LogP contribution in [0, 0.1) is 5.41 Å². The highest BCUT2D eigenvalue weighted by atomic mass is 16.3. The maximum Gasteiger partial charge on any atom is 0.253 e. The number of benzene rings is 1. The van der Waals surface area contributed by atoms with Crippen LogP contribution in [0.15, 0.2) is 30.6 Å².